The Hall–Kier alpha value is -7.40. The van der Waals surface area contributed by atoms with Crippen molar-refractivity contribution in [2.75, 3.05) is 49.5 Å². The Morgan fingerprint density at radius 2 is 1.47 bits per heavy atom. The number of nitrogens with zero attached hydrogens (tertiary/aromatic N) is 3. The lowest BCUT2D eigenvalue weighted by molar-refractivity contribution is -0.136. The van der Waals surface area contributed by atoms with Crippen molar-refractivity contribution in [3.05, 3.63) is 130 Å². The van der Waals surface area contributed by atoms with Crippen LogP contribution in [0.5, 0.6) is 11.5 Å². The van der Waals surface area contributed by atoms with E-state index in [2.05, 4.69) is 26.2 Å². The highest BCUT2D eigenvalue weighted by molar-refractivity contribution is 6.27. The molecule has 0 aromatic heterocycles. The molecule has 66 heavy (non-hydrogen) atoms. The molecule has 0 bridgehead atoms. The number of piperidine rings is 1. The number of ether oxygens (including phenoxy) is 1. The number of nitrogens with two attached hydrogens (primary N) is 1. The van der Waals surface area contributed by atoms with Gasteiger partial charge in [0, 0.05) is 68.5 Å². The highest BCUT2D eigenvalue weighted by Gasteiger charge is 2.45. The summed E-state index contributed by atoms with van der Waals surface area (Å²) in [4.78, 5) is 82.0. The Kier molecular flexibility index (Phi) is 12.4. The molecule has 4 aromatic rings. The van der Waals surface area contributed by atoms with Crippen LogP contribution in [0, 0.1) is 17.1 Å². The fraction of sp³-hybridized carbons (Fsp3) is 0.327. The van der Waals surface area contributed by atoms with Gasteiger partial charge in [0.15, 0.2) is 0 Å². The first-order valence-corrected chi connectivity index (χ1v) is 22.3. The second kappa shape index (κ2) is 18.6. The molecular formula is C49H50FN9O7. The molecule has 17 heteroatoms. The molecule has 6 amide bonds. The standard InChI is InChI=1S/C49H50FN9O7/c50-37-25-35-36(49(65)59(48(35)64)39-16-17-41(60)56-47(39)63)26-40(37)58-22-20-57(21-23-58)27-28-6-11-32(12-7-28)54-46(62)31-10-15-38-30(24-31)18-19-53-45(55-38)42(44(52)61)43(51)29-8-13-34(14-9-29)66-33-4-2-1-3-5-33/h1-5,8-10,13-15,24-26,28,32,39,51,53,55H,6-7,11-12,16-23,27H2,(H2,52,61)(H,54,62)(H,56,60,63)/b45-42-,51-43?/t28-,32-,39?. The number of amides is 6. The predicted octanol–water partition coefficient (Wildman–Crippen LogP) is 4.45. The van der Waals surface area contributed by atoms with E-state index in [0.29, 0.717) is 79.2 Å². The van der Waals surface area contributed by atoms with Crippen molar-refractivity contribution in [2.45, 2.75) is 57.0 Å². The molecule has 1 unspecified atom stereocenters. The van der Waals surface area contributed by atoms with E-state index in [1.807, 2.05) is 47.4 Å². The van der Waals surface area contributed by atoms with Crippen molar-refractivity contribution >= 4 is 52.5 Å². The van der Waals surface area contributed by atoms with E-state index in [4.69, 9.17) is 15.9 Å². The average molecular weight is 896 g/mol. The van der Waals surface area contributed by atoms with Gasteiger partial charge < -0.3 is 31.3 Å². The Bertz CT molecular complexity index is 2660. The fourth-order valence-electron chi connectivity index (χ4n) is 9.56. The molecule has 4 heterocycles. The maximum absolute atomic E-state index is 15.5. The second-order valence-corrected chi connectivity index (χ2v) is 17.4. The zero-order valence-electron chi connectivity index (χ0n) is 36.2. The number of hydrogen-bond acceptors (Lipinski definition) is 12. The maximum Gasteiger partial charge on any atom is 0.262 e. The van der Waals surface area contributed by atoms with Gasteiger partial charge in [0.2, 0.25) is 11.8 Å². The van der Waals surface area contributed by atoms with Gasteiger partial charge in [-0.3, -0.25) is 49.3 Å². The molecule has 4 aromatic carbocycles. The molecule has 7 N–H and O–H groups in total. The first-order valence-electron chi connectivity index (χ1n) is 22.3. The lowest BCUT2D eigenvalue weighted by Gasteiger charge is -2.39. The zero-order valence-corrected chi connectivity index (χ0v) is 36.2. The highest BCUT2D eigenvalue weighted by Crippen LogP contribution is 2.34. The zero-order chi connectivity index (χ0) is 46.1. The number of fused-ring (bicyclic) bond motifs is 2. The van der Waals surface area contributed by atoms with Gasteiger partial charge in [-0.2, -0.15) is 0 Å². The molecule has 5 aliphatic rings. The van der Waals surface area contributed by atoms with Crippen LogP contribution in [0.3, 0.4) is 0 Å². The Balaban J connectivity index is 0.753. The molecule has 9 rings (SSSR count). The smallest absolute Gasteiger partial charge is 0.262 e. The van der Waals surface area contributed by atoms with E-state index in [-0.39, 0.29) is 52.9 Å². The number of carbonyl (C=O) groups is 6. The number of piperazine rings is 1. The first kappa shape index (κ1) is 43.8. The van der Waals surface area contributed by atoms with E-state index >= 15 is 4.39 Å². The number of rotatable bonds is 11. The number of hydrogen-bond donors (Lipinski definition) is 6. The monoisotopic (exact) mass is 895 g/mol. The summed E-state index contributed by atoms with van der Waals surface area (Å²) in [6.07, 6.45) is 4.17. The van der Waals surface area contributed by atoms with Crippen LogP contribution in [-0.4, -0.2) is 102 Å². The van der Waals surface area contributed by atoms with Gasteiger partial charge in [0.05, 0.1) is 22.5 Å². The van der Waals surface area contributed by atoms with Crippen molar-refractivity contribution in [2.24, 2.45) is 11.7 Å². The molecule has 340 valence electrons. The number of anilines is 2. The normalized spacial score (nSPS) is 21.7. The summed E-state index contributed by atoms with van der Waals surface area (Å²) in [5.41, 5.74) is 8.62. The van der Waals surface area contributed by atoms with Crippen LogP contribution >= 0.6 is 0 Å². The quantitative estimate of drug-likeness (QED) is 0.0702. The maximum atomic E-state index is 15.5. The number of halogens is 1. The van der Waals surface area contributed by atoms with Crippen LogP contribution in [0.2, 0.25) is 0 Å². The van der Waals surface area contributed by atoms with Gasteiger partial charge in [-0.15, -0.1) is 0 Å². The highest BCUT2D eigenvalue weighted by atomic mass is 19.1. The number of imide groups is 2. The topological polar surface area (TPSA) is 219 Å². The van der Waals surface area contributed by atoms with Crippen molar-refractivity contribution in [1.29, 1.82) is 5.41 Å². The number of carbonyl (C=O) groups excluding carboxylic acids is 6. The molecule has 16 nitrogen and oxygen atoms in total. The predicted molar refractivity (Wildman–Crippen MR) is 243 cm³/mol. The lowest BCUT2D eigenvalue weighted by Crippen LogP contribution is -2.54. The molecular weight excluding hydrogens is 846 g/mol. The SMILES string of the molecule is N=C(/C(C(N)=O)=C1\NCCc2cc(C(=O)N[C@H]3CC[C@H](CN4CCN(c5cc6c(cc5F)C(=O)N(C5CCC(=O)NC5=O)C6=O)CC4)CC3)ccc2N1)c1ccc(Oc2ccccc2)cc1. The number of benzene rings is 4. The van der Waals surface area contributed by atoms with Crippen LogP contribution < -0.4 is 36.6 Å². The third kappa shape index (κ3) is 9.11. The van der Waals surface area contributed by atoms with E-state index < -0.39 is 41.4 Å². The Morgan fingerprint density at radius 3 is 2.17 bits per heavy atom. The molecule has 1 aliphatic carbocycles. The lowest BCUT2D eigenvalue weighted by atomic mass is 9.85. The van der Waals surface area contributed by atoms with Crippen molar-refractivity contribution in [1.82, 2.24) is 25.8 Å². The number of nitrogens with one attached hydrogen (secondary N) is 5. The van der Waals surface area contributed by atoms with E-state index in [1.54, 1.807) is 30.3 Å². The van der Waals surface area contributed by atoms with Gasteiger partial charge in [0.25, 0.3) is 23.6 Å². The molecule has 0 radical (unpaired) electrons. The molecule has 2 saturated heterocycles. The third-order valence-corrected chi connectivity index (χ3v) is 13.1. The molecule has 0 spiro atoms. The first-order chi connectivity index (χ1) is 31.9. The van der Waals surface area contributed by atoms with Crippen LogP contribution in [-0.2, 0) is 20.8 Å². The summed E-state index contributed by atoms with van der Waals surface area (Å²) >= 11 is 0. The molecule has 4 aliphatic heterocycles. The van der Waals surface area contributed by atoms with Gasteiger partial charge in [-0.05, 0) is 117 Å². The summed E-state index contributed by atoms with van der Waals surface area (Å²) < 4.78 is 21.4. The number of para-hydroxylation sites is 1. The minimum Gasteiger partial charge on any atom is -0.457 e. The largest absolute Gasteiger partial charge is 0.457 e. The molecule has 1 saturated carbocycles. The Labute approximate surface area is 380 Å². The minimum atomic E-state index is -1.12. The van der Waals surface area contributed by atoms with Gasteiger partial charge in [-0.1, -0.05) is 18.2 Å². The fourth-order valence-corrected chi connectivity index (χ4v) is 9.56. The van der Waals surface area contributed by atoms with E-state index in [1.165, 1.54) is 6.07 Å². The van der Waals surface area contributed by atoms with Crippen molar-refractivity contribution < 1.29 is 37.9 Å². The van der Waals surface area contributed by atoms with Crippen molar-refractivity contribution in [3.63, 3.8) is 0 Å². The summed E-state index contributed by atoms with van der Waals surface area (Å²) in [6, 6.07) is 23.0. The van der Waals surface area contributed by atoms with Crippen molar-refractivity contribution in [3.8, 4) is 11.5 Å². The van der Waals surface area contributed by atoms with E-state index in [0.717, 1.165) is 48.8 Å². The Morgan fingerprint density at radius 1 is 0.788 bits per heavy atom. The van der Waals surface area contributed by atoms with Gasteiger partial charge >= 0.3 is 0 Å². The summed E-state index contributed by atoms with van der Waals surface area (Å²) in [5, 5.41) is 20.8. The van der Waals surface area contributed by atoms with E-state index in [9.17, 15) is 28.8 Å². The number of primary amides is 1. The van der Waals surface area contributed by atoms with Gasteiger partial charge in [-0.25, -0.2) is 4.39 Å². The average Bonchev–Trinajstić information content (AvgIpc) is 3.41. The summed E-state index contributed by atoms with van der Waals surface area (Å²) in [7, 11) is 0. The molecule has 1 atom stereocenters. The van der Waals surface area contributed by atoms with Crippen LogP contribution in [0.15, 0.2) is 96.3 Å². The van der Waals surface area contributed by atoms with Crippen LogP contribution in [0.25, 0.3) is 0 Å². The van der Waals surface area contributed by atoms with Crippen LogP contribution in [0.4, 0.5) is 15.8 Å². The second-order valence-electron chi connectivity index (χ2n) is 17.4. The summed E-state index contributed by atoms with van der Waals surface area (Å²) in [5.74, 6) is -2.08. The minimum absolute atomic E-state index is 0.00322. The summed E-state index contributed by atoms with van der Waals surface area (Å²) in [6.45, 7) is 3.75. The molecule has 3 fully saturated rings. The van der Waals surface area contributed by atoms with Gasteiger partial charge in [0.1, 0.15) is 34.8 Å². The third-order valence-electron chi connectivity index (χ3n) is 13.1. The van der Waals surface area contributed by atoms with Crippen LogP contribution in [0.1, 0.15) is 80.7 Å².